The Morgan fingerprint density at radius 3 is 2.38 bits per heavy atom. The minimum atomic E-state index is -4.67. The number of alkyl halides is 3. The zero-order valence-corrected chi connectivity index (χ0v) is 12.9. The second-order valence-electron chi connectivity index (χ2n) is 5.26. The summed E-state index contributed by atoms with van der Waals surface area (Å²) in [6.45, 7) is 5.25. The lowest BCUT2D eigenvalue weighted by Crippen LogP contribution is -2.23. The van der Waals surface area contributed by atoms with Crippen LogP contribution in [0.1, 0.15) is 25.8 Å². The van der Waals surface area contributed by atoms with Crippen LogP contribution in [0.4, 0.5) is 13.2 Å². The van der Waals surface area contributed by atoms with Gasteiger partial charge >= 0.3 is 6.18 Å². The summed E-state index contributed by atoms with van der Waals surface area (Å²) in [4.78, 5) is -0.638. The van der Waals surface area contributed by atoms with Crippen molar-refractivity contribution in [2.45, 2.75) is 31.3 Å². The molecule has 1 rings (SSSR count). The normalized spacial score (nSPS) is 12.9. The average Bonchev–Trinajstić information content (AvgIpc) is 2.37. The summed E-state index contributed by atoms with van der Waals surface area (Å²) in [7, 11) is -3.93. The Labute approximate surface area is 123 Å². The van der Waals surface area contributed by atoms with Crippen molar-refractivity contribution < 1.29 is 21.6 Å². The standard InChI is InChI=1S/C14H20F3NO2S/c1-11(2)10-18-8-5-9-21(19,20)13-7-4-3-6-12(13)14(15,16)17/h3-4,6-7,11,18H,5,8-10H2,1-2H3. The lowest BCUT2D eigenvalue weighted by molar-refractivity contribution is -0.139. The molecule has 0 bridgehead atoms. The summed E-state index contributed by atoms with van der Waals surface area (Å²) in [6.07, 6.45) is -4.39. The number of halogens is 3. The maximum absolute atomic E-state index is 12.8. The van der Waals surface area contributed by atoms with Crippen LogP contribution >= 0.6 is 0 Å². The first-order valence-electron chi connectivity index (χ1n) is 6.74. The van der Waals surface area contributed by atoms with E-state index in [2.05, 4.69) is 5.32 Å². The van der Waals surface area contributed by atoms with Crippen LogP contribution in [0.25, 0.3) is 0 Å². The number of nitrogens with one attached hydrogen (secondary N) is 1. The molecule has 120 valence electrons. The van der Waals surface area contributed by atoms with Crippen LogP contribution in [0.2, 0.25) is 0 Å². The Balaban J connectivity index is 2.76. The van der Waals surface area contributed by atoms with Crippen LogP contribution < -0.4 is 5.32 Å². The minimum Gasteiger partial charge on any atom is -0.316 e. The molecule has 0 spiro atoms. The molecule has 0 atom stereocenters. The van der Waals surface area contributed by atoms with Gasteiger partial charge in [0, 0.05) is 0 Å². The average molecular weight is 323 g/mol. The fourth-order valence-corrected chi connectivity index (χ4v) is 3.41. The molecule has 0 aromatic heterocycles. The maximum atomic E-state index is 12.8. The lowest BCUT2D eigenvalue weighted by atomic mass is 10.2. The van der Waals surface area contributed by atoms with Crippen molar-refractivity contribution in [3.05, 3.63) is 29.8 Å². The van der Waals surface area contributed by atoms with Gasteiger partial charge in [0.2, 0.25) is 0 Å². The number of rotatable bonds is 7. The molecule has 0 amide bonds. The third-order valence-electron chi connectivity index (χ3n) is 2.85. The van der Waals surface area contributed by atoms with Crippen LogP contribution in [0.5, 0.6) is 0 Å². The molecule has 3 nitrogen and oxygen atoms in total. The highest BCUT2D eigenvalue weighted by Crippen LogP contribution is 2.34. The molecule has 7 heteroatoms. The minimum absolute atomic E-state index is 0.279. The van der Waals surface area contributed by atoms with Gasteiger partial charge in [-0.25, -0.2) is 8.42 Å². The van der Waals surface area contributed by atoms with E-state index in [1.165, 1.54) is 12.1 Å². The summed E-state index contributed by atoms with van der Waals surface area (Å²) in [5.41, 5.74) is -1.10. The van der Waals surface area contributed by atoms with Crippen molar-refractivity contribution in [1.29, 1.82) is 0 Å². The Morgan fingerprint density at radius 2 is 1.81 bits per heavy atom. The van der Waals surface area contributed by atoms with Gasteiger partial charge in [-0.15, -0.1) is 0 Å². The number of sulfone groups is 1. The van der Waals surface area contributed by atoms with E-state index in [9.17, 15) is 21.6 Å². The predicted octanol–water partition coefficient (Wildman–Crippen LogP) is 3.11. The second-order valence-corrected chi connectivity index (χ2v) is 7.34. The fourth-order valence-electron chi connectivity index (χ4n) is 1.86. The maximum Gasteiger partial charge on any atom is 0.417 e. The topological polar surface area (TPSA) is 46.2 Å². The lowest BCUT2D eigenvalue weighted by Gasteiger charge is -2.13. The summed E-state index contributed by atoms with van der Waals surface area (Å²) >= 11 is 0. The molecule has 0 heterocycles. The SMILES string of the molecule is CC(C)CNCCCS(=O)(=O)c1ccccc1C(F)(F)F. The Kier molecular flexibility index (Phi) is 6.22. The van der Waals surface area contributed by atoms with E-state index < -0.39 is 26.5 Å². The van der Waals surface area contributed by atoms with Crippen LogP contribution in [0, 0.1) is 5.92 Å². The zero-order valence-electron chi connectivity index (χ0n) is 12.1. The van der Waals surface area contributed by atoms with E-state index in [0.29, 0.717) is 12.5 Å². The Hall–Kier alpha value is -1.08. The Bertz CT molecular complexity index is 554. The third kappa shape index (κ3) is 5.67. The molecular formula is C14H20F3NO2S. The van der Waals surface area contributed by atoms with Crippen molar-refractivity contribution >= 4 is 9.84 Å². The van der Waals surface area contributed by atoms with Gasteiger partial charge in [0.05, 0.1) is 16.2 Å². The van der Waals surface area contributed by atoms with E-state index >= 15 is 0 Å². The summed E-state index contributed by atoms with van der Waals surface area (Å²) in [5.74, 6) is 0.137. The molecule has 0 aliphatic heterocycles. The fraction of sp³-hybridized carbons (Fsp3) is 0.571. The van der Waals surface area contributed by atoms with Crippen LogP contribution in [-0.4, -0.2) is 27.3 Å². The van der Waals surface area contributed by atoms with Crippen LogP contribution in [-0.2, 0) is 16.0 Å². The van der Waals surface area contributed by atoms with E-state index in [4.69, 9.17) is 0 Å². The first-order chi connectivity index (χ1) is 9.64. The van der Waals surface area contributed by atoms with Gasteiger partial charge in [-0.3, -0.25) is 0 Å². The first-order valence-corrected chi connectivity index (χ1v) is 8.39. The van der Waals surface area contributed by atoms with E-state index in [-0.39, 0.29) is 12.2 Å². The summed E-state index contributed by atoms with van der Waals surface area (Å²) < 4.78 is 62.6. The van der Waals surface area contributed by atoms with Crippen molar-refractivity contribution in [3.8, 4) is 0 Å². The van der Waals surface area contributed by atoms with E-state index in [1.54, 1.807) is 0 Å². The van der Waals surface area contributed by atoms with Gasteiger partial charge in [-0.05, 0) is 37.6 Å². The third-order valence-corrected chi connectivity index (χ3v) is 4.70. The highest BCUT2D eigenvalue weighted by Gasteiger charge is 2.36. The monoisotopic (exact) mass is 323 g/mol. The van der Waals surface area contributed by atoms with Crippen molar-refractivity contribution in [1.82, 2.24) is 5.32 Å². The number of hydrogen-bond acceptors (Lipinski definition) is 3. The van der Waals surface area contributed by atoms with E-state index in [1.807, 2.05) is 13.8 Å². The zero-order chi connectivity index (χ0) is 16.1. The molecule has 0 radical (unpaired) electrons. The molecule has 0 fully saturated rings. The molecule has 21 heavy (non-hydrogen) atoms. The van der Waals surface area contributed by atoms with Crippen LogP contribution in [0.3, 0.4) is 0 Å². The van der Waals surface area contributed by atoms with Crippen molar-refractivity contribution in [2.24, 2.45) is 5.92 Å². The highest BCUT2D eigenvalue weighted by molar-refractivity contribution is 7.91. The van der Waals surface area contributed by atoms with Gasteiger partial charge in [-0.2, -0.15) is 13.2 Å². The van der Waals surface area contributed by atoms with E-state index in [0.717, 1.165) is 18.7 Å². The molecule has 1 aromatic rings. The molecule has 1 N–H and O–H groups in total. The highest BCUT2D eigenvalue weighted by atomic mass is 32.2. The molecule has 0 aliphatic rings. The van der Waals surface area contributed by atoms with Gasteiger partial charge in [0.15, 0.2) is 9.84 Å². The molecular weight excluding hydrogens is 303 g/mol. The van der Waals surface area contributed by atoms with Crippen molar-refractivity contribution in [2.75, 3.05) is 18.8 Å². The van der Waals surface area contributed by atoms with Gasteiger partial charge < -0.3 is 5.32 Å². The van der Waals surface area contributed by atoms with Crippen LogP contribution in [0.15, 0.2) is 29.2 Å². The second kappa shape index (κ2) is 7.26. The smallest absolute Gasteiger partial charge is 0.316 e. The molecule has 1 aromatic carbocycles. The van der Waals surface area contributed by atoms with Gasteiger partial charge in [0.25, 0.3) is 0 Å². The molecule has 0 saturated heterocycles. The summed E-state index contributed by atoms with van der Waals surface area (Å²) in [5, 5.41) is 3.07. The van der Waals surface area contributed by atoms with Gasteiger partial charge in [-0.1, -0.05) is 26.0 Å². The Morgan fingerprint density at radius 1 is 1.19 bits per heavy atom. The molecule has 0 unspecified atom stereocenters. The molecule has 0 saturated carbocycles. The predicted molar refractivity (Wildman–Crippen MR) is 75.8 cm³/mol. The summed E-state index contributed by atoms with van der Waals surface area (Å²) in [6, 6.07) is 4.30. The van der Waals surface area contributed by atoms with Gasteiger partial charge in [0.1, 0.15) is 0 Å². The quantitative estimate of drug-likeness (QED) is 0.784. The first kappa shape index (κ1) is 18.0. The number of benzene rings is 1. The molecule has 0 aliphatic carbocycles. The number of hydrogen-bond donors (Lipinski definition) is 1. The van der Waals surface area contributed by atoms with Crippen molar-refractivity contribution in [3.63, 3.8) is 0 Å². The largest absolute Gasteiger partial charge is 0.417 e.